The van der Waals surface area contributed by atoms with Gasteiger partial charge in [0.05, 0.1) is 6.10 Å². The van der Waals surface area contributed by atoms with Crippen molar-refractivity contribution in [2.24, 2.45) is 5.92 Å². The van der Waals surface area contributed by atoms with Crippen LogP contribution in [0.2, 0.25) is 0 Å². The Kier molecular flexibility index (Phi) is 8.72. The highest BCUT2D eigenvalue weighted by Crippen LogP contribution is 2.18. The lowest BCUT2D eigenvalue weighted by atomic mass is 10.1. The molecule has 1 aliphatic heterocycles. The summed E-state index contributed by atoms with van der Waals surface area (Å²) in [5.41, 5.74) is 0.411. The normalized spacial score (nSPS) is 17.7. The van der Waals surface area contributed by atoms with E-state index in [4.69, 9.17) is 9.47 Å². The summed E-state index contributed by atoms with van der Waals surface area (Å²) in [6.07, 6.45) is -0.663. The number of amides is 2. The van der Waals surface area contributed by atoms with Crippen molar-refractivity contribution in [1.29, 1.82) is 0 Å². The lowest BCUT2D eigenvalue weighted by Crippen LogP contribution is -2.40. The molecule has 1 aliphatic rings. The number of alkyl carbamates (subject to hydrolysis) is 1. The van der Waals surface area contributed by atoms with E-state index in [0.717, 1.165) is 12.0 Å². The second-order valence-electron chi connectivity index (χ2n) is 8.34. The van der Waals surface area contributed by atoms with Gasteiger partial charge in [-0.25, -0.2) is 9.59 Å². The Labute approximate surface area is 172 Å². The van der Waals surface area contributed by atoms with Crippen LogP contribution >= 0.6 is 0 Å². The molecule has 2 amide bonds. The van der Waals surface area contributed by atoms with Gasteiger partial charge in [0, 0.05) is 26.2 Å². The van der Waals surface area contributed by atoms with Crippen LogP contribution in [0.1, 0.15) is 32.8 Å². The second-order valence-corrected chi connectivity index (χ2v) is 8.34. The smallest absolute Gasteiger partial charge is 0.410 e. The molecule has 162 valence electrons. The Morgan fingerprint density at radius 1 is 1.24 bits per heavy atom. The first-order chi connectivity index (χ1) is 13.7. The molecule has 8 heteroatoms. The monoisotopic (exact) mass is 407 g/mol. The minimum Gasteiger partial charge on any atom is -0.445 e. The zero-order chi connectivity index (χ0) is 21.3. The summed E-state index contributed by atoms with van der Waals surface area (Å²) < 4.78 is 10.5. The van der Waals surface area contributed by atoms with Crippen LogP contribution in [0.15, 0.2) is 30.3 Å². The molecule has 0 aromatic heterocycles. The van der Waals surface area contributed by atoms with E-state index >= 15 is 0 Å². The van der Waals surface area contributed by atoms with Crippen molar-refractivity contribution < 1.29 is 24.2 Å². The number of ether oxygens (including phenoxy) is 2. The number of aliphatic hydroxyl groups is 1. The van der Waals surface area contributed by atoms with Gasteiger partial charge in [-0.15, -0.1) is 0 Å². The summed E-state index contributed by atoms with van der Waals surface area (Å²) in [4.78, 5) is 25.5. The van der Waals surface area contributed by atoms with Crippen LogP contribution < -0.4 is 10.6 Å². The molecule has 0 bridgehead atoms. The summed E-state index contributed by atoms with van der Waals surface area (Å²) in [6.45, 7) is 8.22. The van der Waals surface area contributed by atoms with E-state index in [-0.39, 0.29) is 19.2 Å². The third kappa shape index (κ3) is 9.15. The largest absolute Gasteiger partial charge is 0.445 e. The fourth-order valence-corrected chi connectivity index (χ4v) is 2.99. The van der Waals surface area contributed by atoms with Crippen LogP contribution in [0.4, 0.5) is 9.59 Å². The van der Waals surface area contributed by atoms with Crippen LogP contribution in [0.5, 0.6) is 0 Å². The number of carbonyl (C=O) groups is 2. The van der Waals surface area contributed by atoms with Gasteiger partial charge in [0.2, 0.25) is 0 Å². The third-order valence-corrected chi connectivity index (χ3v) is 4.45. The highest BCUT2D eigenvalue weighted by molar-refractivity contribution is 5.68. The number of carbonyl (C=O) groups excluding carboxylic acids is 2. The van der Waals surface area contributed by atoms with Gasteiger partial charge in [-0.1, -0.05) is 30.3 Å². The molecular weight excluding hydrogens is 374 g/mol. The molecule has 1 saturated heterocycles. The maximum Gasteiger partial charge on any atom is 0.410 e. The quantitative estimate of drug-likeness (QED) is 0.610. The standard InChI is InChI=1S/C21H33N3O5/c1-21(2,3)29-20(27)24-10-9-17(14-24)11-22-12-18(25)13-23-19(26)28-15-16-7-5-4-6-8-16/h4-8,17-18,22,25H,9-15H2,1-3H3,(H,23,26)/t17-,18-/m0/s1. The number of nitrogens with one attached hydrogen (secondary N) is 2. The highest BCUT2D eigenvalue weighted by Gasteiger charge is 2.29. The van der Waals surface area contributed by atoms with Crippen LogP contribution in [0, 0.1) is 5.92 Å². The molecule has 0 radical (unpaired) electrons. The van der Waals surface area contributed by atoms with Crippen molar-refractivity contribution in [2.45, 2.75) is 45.5 Å². The van der Waals surface area contributed by atoms with E-state index in [2.05, 4.69) is 10.6 Å². The Bertz CT molecular complexity index is 647. The van der Waals surface area contributed by atoms with E-state index in [9.17, 15) is 14.7 Å². The average molecular weight is 408 g/mol. The van der Waals surface area contributed by atoms with E-state index in [0.29, 0.717) is 32.1 Å². The van der Waals surface area contributed by atoms with Crippen LogP contribution in [0.25, 0.3) is 0 Å². The molecule has 8 nitrogen and oxygen atoms in total. The van der Waals surface area contributed by atoms with Crippen LogP contribution in [-0.2, 0) is 16.1 Å². The summed E-state index contributed by atoms with van der Waals surface area (Å²) in [5.74, 6) is 0.318. The van der Waals surface area contributed by atoms with Crippen molar-refractivity contribution in [1.82, 2.24) is 15.5 Å². The third-order valence-electron chi connectivity index (χ3n) is 4.45. The summed E-state index contributed by atoms with van der Waals surface area (Å²) in [5, 5.41) is 15.8. The Hall–Kier alpha value is -2.32. The van der Waals surface area contributed by atoms with Gasteiger partial charge in [-0.05, 0) is 45.2 Å². The van der Waals surface area contributed by atoms with E-state index in [1.165, 1.54) is 0 Å². The zero-order valence-electron chi connectivity index (χ0n) is 17.5. The minimum absolute atomic E-state index is 0.106. The molecule has 3 N–H and O–H groups in total. The number of likely N-dealkylation sites (tertiary alicyclic amines) is 1. The minimum atomic E-state index is -0.720. The fraction of sp³-hybridized carbons (Fsp3) is 0.619. The van der Waals surface area contributed by atoms with Gasteiger partial charge in [0.15, 0.2) is 0 Å². The number of hydrogen-bond donors (Lipinski definition) is 3. The van der Waals surface area contributed by atoms with Gasteiger partial charge < -0.3 is 30.1 Å². The Balaban J connectivity index is 1.55. The zero-order valence-corrected chi connectivity index (χ0v) is 17.5. The van der Waals surface area contributed by atoms with Crippen molar-refractivity contribution >= 4 is 12.2 Å². The molecular formula is C21H33N3O5. The first-order valence-electron chi connectivity index (χ1n) is 10.0. The molecule has 1 aromatic carbocycles. The molecule has 0 spiro atoms. The summed E-state index contributed by atoms with van der Waals surface area (Å²) in [6, 6.07) is 9.40. The van der Waals surface area contributed by atoms with E-state index in [1.807, 2.05) is 51.1 Å². The van der Waals surface area contributed by atoms with Gasteiger partial charge in [-0.3, -0.25) is 0 Å². The van der Waals surface area contributed by atoms with Gasteiger partial charge in [0.25, 0.3) is 0 Å². The van der Waals surface area contributed by atoms with Crippen molar-refractivity contribution in [3.63, 3.8) is 0 Å². The number of aliphatic hydroxyl groups excluding tert-OH is 1. The van der Waals surface area contributed by atoms with E-state index in [1.54, 1.807) is 4.90 Å². The topological polar surface area (TPSA) is 100 Å². The first-order valence-corrected chi connectivity index (χ1v) is 10.0. The molecule has 29 heavy (non-hydrogen) atoms. The number of hydrogen-bond acceptors (Lipinski definition) is 6. The Morgan fingerprint density at radius 2 is 1.97 bits per heavy atom. The van der Waals surface area contributed by atoms with Gasteiger partial charge >= 0.3 is 12.2 Å². The maximum absolute atomic E-state index is 12.1. The number of benzene rings is 1. The average Bonchev–Trinajstić information content (AvgIpc) is 3.13. The fourth-order valence-electron chi connectivity index (χ4n) is 2.99. The number of rotatable bonds is 8. The molecule has 0 aliphatic carbocycles. The summed E-state index contributed by atoms with van der Waals surface area (Å²) in [7, 11) is 0. The predicted molar refractivity (Wildman–Crippen MR) is 109 cm³/mol. The Morgan fingerprint density at radius 3 is 2.66 bits per heavy atom. The molecule has 0 unspecified atom stereocenters. The van der Waals surface area contributed by atoms with E-state index < -0.39 is 17.8 Å². The maximum atomic E-state index is 12.1. The SMILES string of the molecule is CC(C)(C)OC(=O)N1CC[C@@H](CNC[C@H](O)CNC(=O)OCc2ccccc2)C1. The lowest BCUT2D eigenvalue weighted by Gasteiger charge is -2.24. The first kappa shape index (κ1) is 23.0. The molecule has 1 heterocycles. The van der Waals surface area contributed by atoms with Crippen molar-refractivity contribution in [3.8, 4) is 0 Å². The molecule has 0 saturated carbocycles. The highest BCUT2D eigenvalue weighted by atomic mass is 16.6. The number of nitrogens with zero attached hydrogens (tertiary/aromatic N) is 1. The van der Waals surface area contributed by atoms with Crippen molar-refractivity contribution in [3.05, 3.63) is 35.9 Å². The molecule has 1 fully saturated rings. The van der Waals surface area contributed by atoms with Crippen LogP contribution in [0.3, 0.4) is 0 Å². The van der Waals surface area contributed by atoms with Crippen molar-refractivity contribution in [2.75, 3.05) is 32.7 Å². The lowest BCUT2D eigenvalue weighted by molar-refractivity contribution is 0.0288. The molecule has 2 rings (SSSR count). The summed E-state index contributed by atoms with van der Waals surface area (Å²) >= 11 is 0. The van der Waals surface area contributed by atoms with Gasteiger partial charge in [0.1, 0.15) is 12.2 Å². The van der Waals surface area contributed by atoms with Gasteiger partial charge in [-0.2, -0.15) is 0 Å². The molecule has 1 aromatic rings. The predicted octanol–water partition coefficient (Wildman–Crippen LogP) is 2.12. The van der Waals surface area contributed by atoms with Crippen LogP contribution in [-0.4, -0.2) is 66.6 Å². The second kappa shape index (κ2) is 11.0. The molecule has 2 atom stereocenters.